The summed E-state index contributed by atoms with van der Waals surface area (Å²) in [6, 6.07) is 20.5. The molecule has 0 aliphatic rings. The smallest absolute Gasteiger partial charge is 0.271 e. The van der Waals surface area contributed by atoms with E-state index in [1.807, 2.05) is 18.2 Å². The van der Waals surface area contributed by atoms with Crippen LogP contribution in [0.2, 0.25) is 0 Å². The van der Waals surface area contributed by atoms with Crippen LogP contribution in [0.15, 0.2) is 82.4 Å². The molecule has 136 valence electrons. The van der Waals surface area contributed by atoms with E-state index in [9.17, 15) is 9.18 Å². The lowest BCUT2D eigenvalue weighted by Crippen LogP contribution is -2.17. The largest absolute Gasteiger partial charge is 0.488 e. The first-order chi connectivity index (χ1) is 13.1. The summed E-state index contributed by atoms with van der Waals surface area (Å²) in [5.74, 6) is 0.109. The van der Waals surface area contributed by atoms with Crippen molar-refractivity contribution in [2.45, 2.75) is 6.61 Å². The van der Waals surface area contributed by atoms with E-state index >= 15 is 0 Å². The van der Waals surface area contributed by atoms with Crippen LogP contribution >= 0.6 is 15.9 Å². The van der Waals surface area contributed by atoms with Crippen molar-refractivity contribution in [1.29, 1.82) is 0 Å². The molecular weight excluding hydrogens is 411 g/mol. The summed E-state index contributed by atoms with van der Waals surface area (Å²) in [6.07, 6.45) is 1.55. The van der Waals surface area contributed by atoms with Crippen LogP contribution in [-0.4, -0.2) is 12.1 Å². The molecule has 3 aromatic carbocycles. The lowest BCUT2D eigenvalue weighted by atomic mass is 10.2. The predicted molar refractivity (Wildman–Crippen MR) is 106 cm³/mol. The highest BCUT2D eigenvalue weighted by molar-refractivity contribution is 9.10. The molecule has 0 bridgehead atoms. The molecule has 0 saturated heterocycles. The number of nitrogens with one attached hydrogen (secondary N) is 1. The third kappa shape index (κ3) is 5.49. The summed E-state index contributed by atoms with van der Waals surface area (Å²) in [5, 5.41) is 3.97. The van der Waals surface area contributed by atoms with Crippen molar-refractivity contribution in [3.05, 3.63) is 99.8 Å². The average Bonchev–Trinajstić information content (AvgIpc) is 2.69. The minimum Gasteiger partial charge on any atom is -0.488 e. The number of hydrogen-bond donors (Lipinski definition) is 1. The van der Waals surface area contributed by atoms with Gasteiger partial charge in [-0.1, -0.05) is 30.3 Å². The molecule has 0 atom stereocenters. The van der Waals surface area contributed by atoms with E-state index in [0.29, 0.717) is 17.9 Å². The van der Waals surface area contributed by atoms with E-state index in [1.54, 1.807) is 48.7 Å². The van der Waals surface area contributed by atoms with E-state index in [4.69, 9.17) is 4.74 Å². The van der Waals surface area contributed by atoms with Gasteiger partial charge in [-0.15, -0.1) is 0 Å². The van der Waals surface area contributed by atoms with Gasteiger partial charge in [0.2, 0.25) is 0 Å². The van der Waals surface area contributed by atoms with Gasteiger partial charge in [0.05, 0.1) is 10.7 Å². The van der Waals surface area contributed by atoms with E-state index in [-0.39, 0.29) is 11.7 Å². The highest BCUT2D eigenvalue weighted by Gasteiger charge is 2.04. The van der Waals surface area contributed by atoms with Crippen LogP contribution < -0.4 is 10.2 Å². The van der Waals surface area contributed by atoms with Crippen LogP contribution in [0.3, 0.4) is 0 Å². The van der Waals surface area contributed by atoms with Gasteiger partial charge >= 0.3 is 0 Å². The Morgan fingerprint density at radius 3 is 2.52 bits per heavy atom. The lowest BCUT2D eigenvalue weighted by molar-refractivity contribution is 0.0955. The molecule has 4 nitrogen and oxygen atoms in total. The minimum atomic E-state index is -0.275. The number of amides is 1. The lowest BCUT2D eigenvalue weighted by Gasteiger charge is -2.09. The maximum absolute atomic E-state index is 12.9. The van der Waals surface area contributed by atoms with Gasteiger partial charge in [-0.2, -0.15) is 5.10 Å². The summed E-state index contributed by atoms with van der Waals surface area (Å²) < 4.78 is 19.4. The van der Waals surface area contributed by atoms with Crippen LogP contribution in [0, 0.1) is 5.82 Å². The fourth-order valence-electron chi connectivity index (χ4n) is 2.28. The number of rotatable bonds is 6. The average molecular weight is 427 g/mol. The summed E-state index contributed by atoms with van der Waals surface area (Å²) >= 11 is 3.46. The Balaban J connectivity index is 1.57. The number of benzene rings is 3. The zero-order valence-corrected chi connectivity index (χ0v) is 15.8. The van der Waals surface area contributed by atoms with Crippen LogP contribution in [0.25, 0.3) is 0 Å². The molecule has 27 heavy (non-hydrogen) atoms. The summed E-state index contributed by atoms with van der Waals surface area (Å²) in [6.45, 7) is 0.333. The van der Waals surface area contributed by atoms with E-state index < -0.39 is 0 Å². The molecular formula is C21H16BrFN2O2. The van der Waals surface area contributed by atoms with Gasteiger partial charge in [0, 0.05) is 5.56 Å². The Bertz CT molecular complexity index is 944. The van der Waals surface area contributed by atoms with E-state index in [0.717, 1.165) is 15.6 Å². The van der Waals surface area contributed by atoms with Gasteiger partial charge < -0.3 is 4.74 Å². The van der Waals surface area contributed by atoms with Crippen molar-refractivity contribution in [2.75, 3.05) is 0 Å². The second-order valence-corrected chi connectivity index (χ2v) is 6.52. The van der Waals surface area contributed by atoms with Gasteiger partial charge in [-0.3, -0.25) is 4.79 Å². The molecule has 0 unspecified atom stereocenters. The first-order valence-corrected chi connectivity index (χ1v) is 8.96. The fourth-order valence-corrected chi connectivity index (χ4v) is 2.79. The maximum Gasteiger partial charge on any atom is 0.271 e. The summed E-state index contributed by atoms with van der Waals surface area (Å²) in [5.41, 5.74) is 4.70. The van der Waals surface area contributed by atoms with Crippen molar-refractivity contribution in [1.82, 2.24) is 5.43 Å². The Morgan fingerprint density at radius 2 is 1.81 bits per heavy atom. The van der Waals surface area contributed by atoms with Gasteiger partial charge in [-0.05, 0) is 69.5 Å². The molecule has 0 radical (unpaired) electrons. The summed E-state index contributed by atoms with van der Waals surface area (Å²) in [4.78, 5) is 11.9. The Hall–Kier alpha value is -2.99. The molecule has 1 N–H and O–H groups in total. The van der Waals surface area contributed by atoms with Crippen molar-refractivity contribution < 1.29 is 13.9 Å². The minimum absolute atomic E-state index is 0.273. The number of halogens is 2. The number of carbonyl (C=O) groups excluding carboxylic acids is 1. The number of ether oxygens (including phenoxy) is 1. The third-order valence-electron chi connectivity index (χ3n) is 3.68. The quantitative estimate of drug-likeness (QED) is 0.448. The normalized spacial score (nSPS) is 10.7. The van der Waals surface area contributed by atoms with Crippen LogP contribution in [0.1, 0.15) is 21.5 Å². The molecule has 0 saturated carbocycles. The molecule has 6 heteroatoms. The first kappa shape index (κ1) is 18.8. The predicted octanol–water partition coefficient (Wildman–Crippen LogP) is 4.93. The van der Waals surface area contributed by atoms with Gasteiger partial charge in [-0.25, -0.2) is 9.82 Å². The Labute approximate surface area is 164 Å². The van der Waals surface area contributed by atoms with Crippen LogP contribution in [0.5, 0.6) is 5.75 Å². The molecule has 1 amide bonds. The van der Waals surface area contributed by atoms with Gasteiger partial charge in [0.15, 0.2) is 0 Å². The molecule has 0 aliphatic heterocycles. The molecule has 0 heterocycles. The standard InChI is InChI=1S/C21H16BrFN2O2/c22-19-12-16(13-24-25-21(26)17-4-2-1-3-5-17)8-11-20(19)27-14-15-6-9-18(23)10-7-15/h1-13H,14H2,(H,25,26)/b24-13-. The first-order valence-electron chi connectivity index (χ1n) is 8.17. The monoisotopic (exact) mass is 426 g/mol. The highest BCUT2D eigenvalue weighted by atomic mass is 79.9. The van der Waals surface area contributed by atoms with Crippen molar-refractivity contribution in [3.8, 4) is 5.75 Å². The SMILES string of the molecule is O=C(N/N=C\c1ccc(OCc2ccc(F)cc2)c(Br)c1)c1ccccc1. The van der Waals surface area contributed by atoms with Crippen LogP contribution in [-0.2, 0) is 6.61 Å². The molecule has 3 aromatic rings. The van der Waals surface area contributed by atoms with Crippen molar-refractivity contribution >= 4 is 28.1 Å². The topological polar surface area (TPSA) is 50.7 Å². The molecule has 3 rings (SSSR count). The maximum atomic E-state index is 12.9. The molecule has 0 aromatic heterocycles. The second kappa shape index (κ2) is 9.09. The van der Waals surface area contributed by atoms with Gasteiger partial charge in [0.25, 0.3) is 5.91 Å². The Morgan fingerprint density at radius 1 is 1.07 bits per heavy atom. The van der Waals surface area contributed by atoms with Crippen LogP contribution in [0.4, 0.5) is 4.39 Å². The van der Waals surface area contributed by atoms with Crippen molar-refractivity contribution in [3.63, 3.8) is 0 Å². The number of nitrogens with zero attached hydrogens (tertiary/aromatic N) is 1. The fraction of sp³-hybridized carbons (Fsp3) is 0.0476. The third-order valence-corrected chi connectivity index (χ3v) is 4.30. The Kier molecular flexibility index (Phi) is 6.33. The zero-order valence-electron chi connectivity index (χ0n) is 14.2. The highest BCUT2D eigenvalue weighted by Crippen LogP contribution is 2.26. The van der Waals surface area contributed by atoms with Gasteiger partial charge in [0.1, 0.15) is 18.2 Å². The summed E-state index contributed by atoms with van der Waals surface area (Å²) in [7, 11) is 0. The number of hydrogen-bond acceptors (Lipinski definition) is 3. The molecule has 0 fully saturated rings. The molecule has 0 spiro atoms. The van der Waals surface area contributed by atoms with E-state index in [2.05, 4.69) is 26.5 Å². The van der Waals surface area contributed by atoms with E-state index in [1.165, 1.54) is 12.1 Å². The zero-order chi connectivity index (χ0) is 19.1. The second-order valence-electron chi connectivity index (χ2n) is 5.67. The van der Waals surface area contributed by atoms with Crippen molar-refractivity contribution in [2.24, 2.45) is 5.10 Å². The number of carbonyl (C=O) groups is 1. The number of hydrazone groups is 1. The molecule has 0 aliphatic carbocycles.